The van der Waals surface area contributed by atoms with Gasteiger partial charge in [-0.25, -0.2) is 0 Å². The number of hydrogen-bond donors (Lipinski definition) is 2. The van der Waals surface area contributed by atoms with Crippen LogP contribution < -0.4 is 11.1 Å². The van der Waals surface area contributed by atoms with Crippen molar-refractivity contribution in [3.05, 3.63) is 0 Å². The van der Waals surface area contributed by atoms with Gasteiger partial charge < -0.3 is 16.0 Å². The largest absolute Gasteiger partial charge is 0.368 e. The van der Waals surface area contributed by atoms with E-state index in [0.717, 1.165) is 52.0 Å². The van der Waals surface area contributed by atoms with E-state index in [-0.39, 0.29) is 11.4 Å². The Labute approximate surface area is 130 Å². The third-order valence-electron chi connectivity index (χ3n) is 4.86. The minimum Gasteiger partial charge on any atom is -0.368 e. The third-order valence-corrected chi connectivity index (χ3v) is 4.86. The Morgan fingerprint density at radius 1 is 1.38 bits per heavy atom. The number of carbonyl (C=O) groups excluding carboxylic acids is 1. The maximum atomic E-state index is 11.7. The summed E-state index contributed by atoms with van der Waals surface area (Å²) in [6, 6.07) is 0. The van der Waals surface area contributed by atoms with Gasteiger partial charge in [0.05, 0.1) is 5.54 Å². The highest BCUT2D eigenvalue weighted by molar-refractivity contribution is 5.84. The number of likely N-dealkylation sites (N-methyl/N-ethyl adjacent to an activating group) is 1. The first-order chi connectivity index (χ1) is 9.71. The van der Waals surface area contributed by atoms with Crippen molar-refractivity contribution >= 4 is 5.91 Å². The van der Waals surface area contributed by atoms with Crippen LogP contribution in [0.5, 0.6) is 0 Å². The summed E-state index contributed by atoms with van der Waals surface area (Å²) in [7, 11) is 2.19. The fraction of sp³-hybridized carbons (Fsp3) is 0.938. The van der Waals surface area contributed by atoms with E-state index in [1.807, 2.05) is 6.92 Å². The Kier molecular flexibility index (Phi) is 6.63. The summed E-state index contributed by atoms with van der Waals surface area (Å²) in [5.74, 6) is -0.241. The SMILES string of the molecule is CCCNC(C)(CCCN1CCN(C)C(C)(C)C1)C(N)=O. The van der Waals surface area contributed by atoms with Crippen LogP contribution in [0, 0.1) is 0 Å². The maximum Gasteiger partial charge on any atom is 0.237 e. The van der Waals surface area contributed by atoms with Gasteiger partial charge in [0.2, 0.25) is 5.91 Å². The van der Waals surface area contributed by atoms with Crippen molar-refractivity contribution in [1.82, 2.24) is 15.1 Å². The minimum atomic E-state index is -0.571. The van der Waals surface area contributed by atoms with Crippen LogP contribution in [0.4, 0.5) is 0 Å². The van der Waals surface area contributed by atoms with Gasteiger partial charge in [-0.3, -0.25) is 9.69 Å². The molecule has 0 aromatic carbocycles. The summed E-state index contributed by atoms with van der Waals surface area (Å²) in [4.78, 5) is 16.6. The molecule has 1 amide bonds. The van der Waals surface area contributed by atoms with E-state index >= 15 is 0 Å². The van der Waals surface area contributed by atoms with E-state index in [1.165, 1.54) is 0 Å². The lowest BCUT2D eigenvalue weighted by Gasteiger charge is -2.45. The van der Waals surface area contributed by atoms with Gasteiger partial charge in [0.15, 0.2) is 0 Å². The average molecular weight is 298 g/mol. The van der Waals surface area contributed by atoms with Gasteiger partial charge in [0.1, 0.15) is 0 Å². The first-order valence-electron chi connectivity index (χ1n) is 8.20. The predicted molar refractivity (Wildman–Crippen MR) is 88.3 cm³/mol. The van der Waals surface area contributed by atoms with E-state index < -0.39 is 5.54 Å². The van der Waals surface area contributed by atoms with Crippen molar-refractivity contribution in [2.75, 3.05) is 39.8 Å². The van der Waals surface area contributed by atoms with Crippen LogP contribution in [0.2, 0.25) is 0 Å². The lowest BCUT2D eigenvalue weighted by atomic mass is 9.94. The molecule has 0 aromatic heterocycles. The van der Waals surface area contributed by atoms with Crippen LogP contribution >= 0.6 is 0 Å². The molecule has 21 heavy (non-hydrogen) atoms. The van der Waals surface area contributed by atoms with Crippen molar-refractivity contribution in [3.8, 4) is 0 Å². The van der Waals surface area contributed by atoms with E-state index in [4.69, 9.17) is 5.73 Å². The highest BCUT2D eigenvalue weighted by Gasteiger charge is 2.32. The smallest absolute Gasteiger partial charge is 0.237 e. The molecule has 0 saturated carbocycles. The van der Waals surface area contributed by atoms with Crippen molar-refractivity contribution in [2.45, 2.75) is 58.0 Å². The van der Waals surface area contributed by atoms with Gasteiger partial charge in [-0.05, 0) is 60.2 Å². The van der Waals surface area contributed by atoms with Gasteiger partial charge in [-0.2, -0.15) is 0 Å². The highest BCUT2D eigenvalue weighted by Crippen LogP contribution is 2.20. The van der Waals surface area contributed by atoms with Crippen molar-refractivity contribution in [1.29, 1.82) is 0 Å². The molecular formula is C16H34N4O. The molecule has 0 aliphatic carbocycles. The maximum absolute atomic E-state index is 11.7. The lowest BCUT2D eigenvalue weighted by molar-refractivity contribution is -0.124. The lowest BCUT2D eigenvalue weighted by Crippen LogP contribution is -2.58. The quantitative estimate of drug-likeness (QED) is 0.703. The fourth-order valence-electron chi connectivity index (χ4n) is 2.89. The second-order valence-corrected chi connectivity index (χ2v) is 7.24. The Bertz CT molecular complexity index is 345. The topological polar surface area (TPSA) is 61.6 Å². The standard InChI is InChI=1S/C16H34N4O/c1-6-9-18-16(4,14(17)21)8-7-10-20-12-11-19(5)15(2,3)13-20/h18H,6-13H2,1-5H3,(H2,17,21). The summed E-state index contributed by atoms with van der Waals surface area (Å²) in [5, 5.41) is 3.31. The molecule has 5 nitrogen and oxygen atoms in total. The number of hydrogen-bond acceptors (Lipinski definition) is 4. The molecule has 5 heteroatoms. The fourth-order valence-corrected chi connectivity index (χ4v) is 2.89. The van der Waals surface area contributed by atoms with Crippen LogP contribution in [-0.4, -0.2) is 66.6 Å². The van der Waals surface area contributed by atoms with Crippen molar-refractivity contribution in [2.24, 2.45) is 5.73 Å². The summed E-state index contributed by atoms with van der Waals surface area (Å²) in [6.07, 6.45) is 2.81. The zero-order chi connectivity index (χ0) is 16.1. The van der Waals surface area contributed by atoms with Gasteiger partial charge in [0.25, 0.3) is 0 Å². The number of primary amides is 1. The van der Waals surface area contributed by atoms with Crippen LogP contribution in [0.25, 0.3) is 0 Å². The Hall–Kier alpha value is -0.650. The number of amides is 1. The molecule has 1 unspecified atom stereocenters. The van der Waals surface area contributed by atoms with Gasteiger partial charge in [-0.1, -0.05) is 6.92 Å². The van der Waals surface area contributed by atoms with E-state index in [2.05, 4.69) is 42.9 Å². The minimum absolute atomic E-state index is 0.228. The number of nitrogens with two attached hydrogens (primary N) is 1. The monoisotopic (exact) mass is 298 g/mol. The Balaban J connectivity index is 2.42. The Morgan fingerprint density at radius 3 is 2.57 bits per heavy atom. The van der Waals surface area contributed by atoms with Gasteiger partial charge >= 0.3 is 0 Å². The first-order valence-corrected chi connectivity index (χ1v) is 8.20. The molecule has 1 heterocycles. The Morgan fingerprint density at radius 2 is 2.05 bits per heavy atom. The van der Waals surface area contributed by atoms with E-state index in [9.17, 15) is 4.79 Å². The first kappa shape index (κ1) is 18.4. The summed E-state index contributed by atoms with van der Waals surface area (Å²) in [6.45, 7) is 13.8. The number of nitrogens with zero attached hydrogens (tertiary/aromatic N) is 2. The number of carbonyl (C=O) groups is 1. The van der Waals surface area contributed by atoms with Crippen LogP contribution in [0.15, 0.2) is 0 Å². The highest BCUT2D eigenvalue weighted by atomic mass is 16.1. The molecule has 1 fully saturated rings. The molecule has 0 spiro atoms. The summed E-state index contributed by atoms with van der Waals surface area (Å²) in [5.41, 5.74) is 5.23. The molecule has 0 radical (unpaired) electrons. The van der Waals surface area contributed by atoms with Crippen molar-refractivity contribution in [3.63, 3.8) is 0 Å². The molecule has 0 bridgehead atoms. The van der Waals surface area contributed by atoms with E-state index in [1.54, 1.807) is 0 Å². The number of nitrogens with one attached hydrogen (secondary N) is 1. The predicted octanol–water partition coefficient (Wildman–Crippen LogP) is 1.04. The van der Waals surface area contributed by atoms with Crippen LogP contribution in [0.1, 0.15) is 47.0 Å². The molecule has 0 aromatic rings. The molecule has 124 valence electrons. The second kappa shape index (κ2) is 7.56. The zero-order valence-electron chi connectivity index (χ0n) is 14.5. The average Bonchev–Trinajstić information content (AvgIpc) is 2.40. The number of rotatable bonds is 8. The normalized spacial score (nSPS) is 22.9. The molecule has 1 aliphatic rings. The molecular weight excluding hydrogens is 264 g/mol. The number of piperazine rings is 1. The van der Waals surface area contributed by atoms with Gasteiger partial charge in [0, 0.05) is 25.2 Å². The summed E-state index contributed by atoms with van der Waals surface area (Å²) >= 11 is 0. The molecule has 1 atom stereocenters. The molecule has 1 rings (SSSR count). The third kappa shape index (κ3) is 5.24. The molecule has 1 aliphatic heterocycles. The van der Waals surface area contributed by atoms with Gasteiger partial charge in [-0.15, -0.1) is 0 Å². The van der Waals surface area contributed by atoms with Crippen LogP contribution in [0.3, 0.4) is 0 Å². The summed E-state index contributed by atoms with van der Waals surface area (Å²) < 4.78 is 0. The zero-order valence-corrected chi connectivity index (χ0v) is 14.5. The van der Waals surface area contributed by atoms with E-state index in [0.29, 0.717) is 0 Å². The molecule has 1 saturated heterocycles. The van der Waals surface area contributed by atoms with Crippen molar-refractivity contribution < 1.29 is 4.79 Å². The molecule has 3 N–H and O–H groups in total. The second-order valence-electron chi connectivity index (χ2n) is 7.24. The van der Waals surface area contributed by atoms with Crippen LogP contribution in [-0.2, 0) is 4.79 Å².